The molecule has 0 atom stereocenters. The largest absolute Gasteiger partial charge is 2.00 e. The molecule has 0 radical (unpaired) electrons. The zero-order valence-electron chi connectivity index (χ0n) is 38.6. The molecule has 0 unspecified atom stereocenters. The summed E-state index contributed by atoms with van der Waals surface area (Å²) in [5.74, 6) is 0. The van der Waals surface area contributed by atoms with Crippen molar-refractivity contribution in [2.75, 3.05) is 0 Å². The first-order valence-electron chi connectivity index (χ1n) is 23.8. The van der Waals surface area contributed by atoms with Gasteiger partial charge >= 0.3 is 16.5 Å². The van der Waals surface area contributed by atoms with Crippen LogP contribution in [-0.4, -0.2) is 4.70 Å². The molecule has 0 spiro atoms. The van der Waals surface area contributed by atoms with Crippen molar-refractivity contribution in [3.8, 4) is 0 Å². The summed E-state index contributed by atoms with van der Waals surface area (Å²) in [6, 6.07) is 14.3. The predicted octanol–water partition coefficient (Wildman–Crippen LogP) is 18.0. The Labute approximate surface area is 365 Å². The van der Waals surface area contributed by atoms with Crippen LogP contribution in [0.3, 0.4) is 0 Å². The maximum Gasteiger partial charge on any atom is 2.00 e. The minimum Gasteiger partial charge on any atom is -0.493 e. The summed E-state index contributed by atoms with van der Waals surface area (Å²) < 4.78 is 1.59. The number of nitrogens with zero attached hydrogens (tertiary/aromatic N) is 2. The molecule has 2 nitrogen and oxygen atoms in total. The average molecular weight is 824 g/mol. The average Bonchev–Trinajstić information content (AvgIpc) is 3.50. The number of unbranched alkanes of at least 4 members (excludes halogenated alkanes) is 13. The van der Waals surface area contributed by atoms with E-state index < -0.39 is 0 Å². The second kappa shape index (κ2) is 35.7. The first-order chi connectivity index (χ1) is 27.3. The Morgan fingerprint density at radius 2 is 0.825 bits per heavy atom. The van der Waals surface area contributed by atoms with Crippen molar-refractivity contribution in [1.29, 1.82) is 0 Å². The van der Waals surface area contributed by atoms with Crippen LogP contribution >= 0.6 is 0 Å². The Hall–Kier alpha value is -2.25. The molecule has 1 aliphatic heterocycles. The summed E-state index contributed by atoms with van der Waals surface area (Å²) in [4.78, 5) is 0. The number of hydrogen-bond acceptors (Lipinski definition) is 0. The Balaban J connectivity index is 0.00000209. The van der Waals surface area contributed by atoms with E-state index in [0.717, 1.165) is 74.7 Å². The Morgan fingerprint density at radius 1 is 0.456 bits per heavy atom. The van der Waals surface area contributed by atoms with E-state index in [2.05, 4.69) is 118 Å². The standard InChI is InChI=1S/C42H62N2.2C6H13.Ni/c1-7-13-19-20-26-40-39(25-18-12-6)41(37-29-33(21-14-8-2)27-34(30-37)22-15-9-3)44(43)42(40)38-31-35(23-16-10-4)28-36(32-38)24-17-11-5;2*1-3-5-6-4-2;/h18,25,27-32H,7-17,19-24,26H2,1-6H3;2*1,3-6H2,2H3;/q;2*-1;+2. The molecule has 3 heteroatoms. The normalized spacial score (nSPS) is 12.5. The fourth-order valence-electron chi connectivity index (χ4n) is 7.35. The van der Waals surface area contributed by atoms with Gasteiger partial charge in [0.2, 0.25) is 11.4 Å². The van der Waals surface area contributed by atoms with Gasteiger partial charge in [-0.2, -0.15) is 12.8 Å². The predicted molar refractivity (Wildman–Crippen MR) is 252 cm³/mol. The molecule has 2 aromatic rings. The molecule has 0 aliphatic carbocycles. The van der Waals surface area contributed by atoms with Crippen LogP contribution in [-0.2, 0) is 42.2 Å². The molecule has 0 saturated carbocycles. The monoisotopic (exact) mass is 823 g/mol. The summed E-state index contributed by atoms with van der Waals surface area (Å²) in [7, 11) is 0. The molecular weight excluding hydrogens is 735 g/mol. The number of rotatable bonds is 27. The van der Waals surface area contributed by atoms with E-state index in [4.69, 9.17) is 0 Å². The topological polar surface area (TPSA) is 25.3 Å². The van der Waals surface area contributed by atoms with Gasteiger partial charge in [-0.05, 0) is 117 Å². The molecule has 3 rings (SSSR count). The van der Waals surface area contributed by atoms with Crippen LogP contribution in [0.4, 0.5) is 0 Å². The SMILES string of the molecule is CCC=CC1=C(c2cc(CCCC)cc(CCCC)c2)[N+](=[N-])C(c2cc(CCCC)cc(CCCC)c2)=C1CCCCCC.[CH2-]CCCCC.[CH2-]CCCCC.[Ni+2]. The van der Waals surface area contributed by atoms with Crippen molar-refractivity contribution in [1.82, 2.24) is 0 Å². The molecule has 324 valence electrons. The van der Waals surface area contributed by atoms with E-state index in [9.17, 15) is 5.53 Å². The number of hydrogen-bond donors (Lipinski definition) is 0. The van der Waals surface area contributed by atoms with Gasteiger partial charge in [0.25, 0.3) is 0 Å². The summed E-state index contributed by atoms with van der Waals surface area (Å²) in [5.41, 5.74) is 24.8. The van der Waals surface area contributed by atoms with Crippen LogP contribution < -0.4 is 0 Å². The summed E-state index contributed by atoms with van der Waals surface area (Å²) in [5, 5.41) is 0. The number of aryl methyl sites for hydroxylation is 4. The van der Waals surface area contributed by atoms with Crippen molar-refractivity contribution in [3.63, 3.8) is 0 Å². The molecule has 1 heterocycles. The van der Waals surface area contributed by atoms with Crippen molar-refractivity contribution < 1.29 is 21.2 Å². The molecule has 1 aliphatic rings. The van der Waals surface area contributed by atoms with Crippen LogP contribution in [0.5, 0.6) is 0 Å². The molecule has 0 fully saturated rings. The quantitative estimate of drug-likeness (QED) is 0.0371. The van der Waals surface area contributed by atoms with E-state index in [0.29, 0.717) is 0 Å². The molecule has 0 N–H and O–H groups in total. The van der Waals surface area contributed by atoms with Crippen LogP contribution in [0.15, 0.2) is 59.7 Å². The van der Waals surface area contributed by atoms with Crippen LogP contribution in [0.2, 0.25) is 0 Å². The van der Waals surface area contributed by atoms with Gasteiger partial charge < -0.3 is 19.4 Å². The van der Waals surface area contributed by atoms with Crippen LogP contribution in [0.25, 0.3) is 16.9 Å². The summed E-state index contributed by atoms with van der Waals surface area (Å²) >= 11 is 0. The van der Waals surface area contributed by atoms with E-state index in [1.54, 1.807) is 4.70 Å². The van der Waals surface area contributed by atoms with E-state index in [1.807, 2.05) is 0 Å². The molecule has 0 aromatic heterocycles. The zero-order valence-corrected chi connectivity index (χ0v) is 39.6. The van der Waals surface area contributed by atoms with Gasteiger partial charge in [0, 0.05) is 16.7 Å². The minimum absolute atomic E-state index is 0. The first kappa shape index (κ1) is 54.8. The molecule has 0 amide bonds. The van der Waals surface area contributed by atoms with Gasteiger partial charge in [0.15, 0.2) is 0 Å². The zero-order chi connectivity index (χ0) is 41.4. The van der Waals surface area contributed by atoms with E-state index in [-0.39, 0.29) is 16.5 Å². The fourth-order valence-corrected chi connectivity index (χ4v) is 7.35. The van der Waals surface area contributed by atoms with Gasteiger partial charge in [-0.1, -0.05) is 163 Å². The van der Waals surface area contributed by atoms with Gasteiger partial charge in [-0.25, -0.2) is 4.70 Å². The summed E-state index contributed by atoms with van der Waals surface area (Å²) in [6.07, 6.45) is 35.5. The molecular formula is C54H88N2Ni. The van der Waals surface area contributed by atoms with Crippen molar-refractivity contribution in [3.05, 3.63) is 112 Å². The van der Waals surface area contributed by atoms with E-state index in [1.165, 1.54) is 148 Å². The Morgan fingerprint density at radius 3 is 1.16 bits per heavy atom. The third-order valence-corrected chi connectivity index (χ3v) is 10.7. The fraction of sp³-hybridized carbons (Fsp3) is 0.630. The van der Waals surface area contributed by atoms with Gasteiger partial charge in [-0.15, -0.1) is 0 Å². The first-order valence-corrected chi connectivity index (χ1v) is 23.8. The Bertz CT molecular complexity index is 1360. The van der Waals surface area contributed by atoms with Crippen molar-refractivity contribution in [2.24, 2.45) is 0 Å². The molecule has 2 aromatic carbocycles. The molecule has 0 saturated heterocycles. The van der Waals surface area contributed by atoms with E-state index >= 15 is 0 Å². The molecule has 0 bridgehead atoms. The van der Waals surface area contributed by atoms with Crippen molar-refractivity contribution >= 4 is 11.4 Å². The Kier molecular flexibility index (Phi) is 34.3. The van der Waals surface area contributed by atoms with Crippen LogP contribution in [0, 0.1) is 13.8 Å². The summed E-state index contributed by atoms with van der Waals surface area (Å²) in [6.45, 7) is 25.4. The van der Waals surface area contributed by atoms with Gasteiger partial charge in [0.05, 0.1) is 5.57 Å². The number of benzene rings is 2. The third-order valence-electron chi connectivity index (χ3n) is 10.7. The van der Waals surface area contributed by atoms with Gasteiger partial charge in [-0.3, -0.25) is 0 Å². The van der Waals surface area contributed by atoms with Crippen LogP contribution in [0.1, 0.15) is 230 Å². The van der Waals surface area contributed by atoms with Crippen molar-refractivity contribution in [2.45, 2.75) is 222 Å². The number of allylic oxidation sites excluding steroid dienone is 4. The minimum atomic E-state index is 0. The molecule has 57 heavy (non-hydrogen) atoms. The third kappa shape index (κ3) is 21.5. The maximum absolute atomic E-state index is 12.4. The smallest absolute Gasteiger partial charge is 0.493 e. The maximum atomic E-state index is 12.4. The van der Waals surface area contributed by atoms with Gasteiger partial charge in [0.1, 0.15) is 0 Å². The second-order valence-electron chi connectivity index (χ2n) is 16.1. The second-order valence-corrected chi connectivity index (χ2v) is 16.1.